The quantitative estimate of drug-likeness (QED) is 0.0983. The van der Waals surface area contributed by atoms with Crippen molar-refractivity contribution < 1.29 is 60.0 Å². The second-order valence-electron chi connectivity index (χ2n) is 4.77. The number of rotatable bonds is 11. The van der Waals surface area contributed by atoms with Crippen LogP contribution in [0, 0.1) is 0 Å². The van der Waals surface area contributed by atoms with Crippen LogP contribution in [-0.2, 0) is 19.1 Å². The van der Waals surface area contributed by atoms with Gasteiger partial charge in [-0.1, -0.05) is 0 Å². The van der Waals surface area contributed by atoms with E-state index in [0.717, 1.165) is 0 Å². The Morgan fingerprint density at radius 3 is 1.79 bits per heavy atom. The zero-order chi connectivity index (χ0) is 19.0. The van der Waals surface area contributed by atoms with Crippen molar-refractivity contribution in [2.75, 3.05) is 13.2 Å². The molecule has 8 N–H and O–H groups in total. The summed E-state index contributed by atoms with van der Waals surface area (Å²) in [7, 11) is 0. The highest BCUT2D eigenvalue weighted by Crippen LogP contribution is 2.09. The van der Waals surface area contributed by atoms with Gasteiger partial charge in [0.25, 0.3) is 0 Å². The van der Waals surface area contributed by atoms with Crippen molar-refractivity contribution in [3.05, 3.63) is 0 Å². The second kappa shape index (κ2) is 10.4. The van der Waals surface area contributed by atoms with E-state index >= 15 is 0 Å². The lowest BCUT2D eigenvalue weighted by molar-refractivity contribution is -0.178. The molecule has 0 saturated carbocycles. The number of aliphatic hydroxyl groups is 8. The number of esters is 1. The number of carbonyl (C=O) groups excluding carboxylic acids is 3. The Morgan fingerprint density at radius 2 is 1.38 bits per heavy atom. The van der Waals surface area contributed by atoms with Crippen LogP contribution in [0.2, 0.25) is 0 Å². The summed E-state index contributed by atoms with van der Waals surface area (Å²) in [5, 5.41) is 73.0. The van der Waals surface area contributed by atoms with Crippen LogP contribution in [0.4, 0.5) is 0 Å². The molecule has 0 bridgehead atoms. The highest BCUT2D eigenvalue weighted by atomic mass is 16.6. The minimum Gasteiger partial charge on any atom is -0.449 e. The van der Waals surface area contributed by atoms with Gasteiger partial charge in [0, 0.05) is 0 Å². The van der Waals surface area contributed by atoms with E-state index < -0.39 is 67.7 Å². The highest BCUT2D eigenvalue weighted by Gasteiger charge is 2.38. The number of carbonyl (C=O) groups is 3. The van der Waals surface area contributed by atoms with Gasteiger partial charge in [0.1, 0.15) is 30.5 Å². The molecule has 0 radical (unpaired) electrons. The Bertz CT molecular complexity index is 426. The molecule has 0 aromatic carbocycles. The third kappa shape index (κ3) is 5.85. The fraction of sp³-hybridized carbons (Fsp3) is 0.750. The second-order valence-corrected chi connectivity index (χ2v) is 4.77. The van der Waals surface area contributed by atoms with E-state index in [-0.39, 0.29) is 6.29 Å². The first-order valence-electron chi connectivity index (χ1n) is 6.61. The Balaban J connectivity index is 4.92. The molecule has 24 heavy (non-hydrogen) atoms. The minimum atomic E-state index is -2.66. The molecule has 140 valence electrons. The monoisotopic (exact) mass is 356 g/mol. The average molecular weight is 356 g/mol. The van der Waals surface area contributed by atoms with Gasteiger partial charge in [-0.25, -0.2) is 4.79 Å². The number of Topliss-reactive ketones (excluding diaryl/α,β-unsaturated/α-hetero) is 1. The Morgan fingerprint density at radius 1 is 0.875 bits per heavy atom. The Hall–Kier alpha value is -1.51. The molecule has 12 heteroatoms. The maximum absolute atomic E-state index is 11.5. The van der Waals surface area contributed by atoms with Crippen LogP contribution in [-0.4, -0.2) is 115 Å². The average Bonchev–Trinajstić information content (AvgIpc) is 2.60. The predicted molar refractivity (Wildman–Crippen MR) is 71.2 cm³/mol. The van der Waals surface area contributed by atoms with E-state index in [9.17, 15) is 34.8 Å². The highest BCUT2D eigenvalue weighted by molar-refractivity contribution is 6.04. The summed E-state index contributed by atoms with van der Waals surface area (Å²) in [5.74, 6) is -3.44. The summed E-state index contributed by atoms with van der Waals surface area (Å²) in [6.07, 6.45) is -15.4. The molecular formula is C12H20O12. The molecule has 0 rings (SSSR count). The first kappa shape index (κ1) is 22.5. The van der Waals surface area contributed by atoms with Crippen molar-refractivity contribution in [2.45, 2.75) is 42.7 Å². The topological polar surface area (TPSA) is 222 Å². The molecule has 0 spiro atoms. The molecule has 0 aliphatic heterocycles. The summed E-state index contributed by atoms with van der Waals surface area (Å²) in [6, 6.07) is 0. The van der Waals surface area contributed by atoms with E-state index in [1.165, 1.54) is 0 Å². The van der Waals surface area contributed by atoms with Crippen molar-refractivity contribution >= 4 is 18.0 Å². The summed E-state index contributed by atoms with van der Waals surface area (Å²) in [4.78, 5) is 33.8. The first-order chi connectivity index (χ1) is 11.1. The summed E-state index contributed by atoms with van der Waals surface area (Å²) in [6.45, 7) is -2.03. The van der Waals surface area contributed by atoms with Crippen LogP contribution in [0.1, 0.15) is 0 Å². The molecule has 0 saturated heterocycles. The van der Waals surface area contributed by atoms with Gasteiger partial charge in [-0.2, -0.15) is 0 Å². The number of ether oxygens (including phenoxy) is 1. The third-order valence-corrected chi connectivity index (χ3v) is 2.99. The maximum atomic E-state index is 11.5. The molecule has 0 aromatic heterocycles. The van der Waals surface area contributed by atoms with Gasteiger partial charge in [0.05, 0.1) is 13.2 Å². The van der Waals surface area contributed by atoms with Gasteiger partial charge in [0.2, 0.25) is 11.9 Å². The van der Waals surface area contributed by atoms with Crippen molar-refractivity contribution in [2.24, 2.45) is 0 Å². The third-order valence-electron chi connectivity index (χ3n) is 2.99. The lowest BCUT2D eigenvalue weighted by atomic mass is 10.0. The van der Waals surface area contributed by atoms with E-state index in [4.69, 9.17) is 20.4 Å². The van der Waals surface area contributed by atoms with Crippen LogP contribution in [0.15, 0.2) is 0 Å². The van der Waals surface area contributed by atoms with Crippen molar-refractivity contribution in [3.8, 4) is 0 Å². The van der Waals surface area contributed by atoms with Crippen LogP contribution >= 0.6 is 0 Å². The van der Waals surface area contributed by atoms with E-state index in [1.54, 1.807) is 0 Å². The zero-order valence-corrected chi connectivity index (χ0v) is 12.2. The number of aliphatic hydroxyl groups excluding tert-OH is 8. The van der Waals surface area contributed by atoms with E-state index in [2.05, 4.69) is 4.74 Å². The zero-order valence-electron chi connectivity index (χ0n) is 12.2. The standard InChI is InChI=1S/C12H20O12/c13-1-4(16)7(18)9(20)6(3-15)24-12(23)11(22)10(21)8(19)5(17)2-14/h3-9,11,13-14,16-20,22H,1-2H2/t4-,5+,6-,7-,8+,9+,11+/m0/s1. The van der Waals surface area contributed by atoms with Crippen molar-refractivity contribution in [3.63, 3.8) is 0 Å². The van der Waals surface area contributed by atoms with Gasteiger partial charge < -0.3 is 45.6 Å². The van der Waals surface area contributed by atoms with Crippen molar-refractivity contribution in [1.29, 1.82) is 0 Å². The molecule has 0 heterocycles. The van der Waals surface area contributed by atoms with E-state index in [1.807, 2.05) is 0 Å². The molecule has 0 aliphatic carbocycles. The van der Waals surface area contributed by atoms with Gasteiger partial charge >= 0.3 is 5.97 Å². The van der Waals surface area contributed by atoms with Gasteiger partial charge in [0.15, 0.2) is 12.4 Å². The molecular weight excluding hydrogens is 336 g/mol. The number of aldehydes is 1. The van der Waals surface area contributed by atoms with Crippen LogP contribution < -0.4 is 0 Å². The van der Waals surface area contributed by atoms with Crippen LogP contribution in [0.3, 0.4) is 0 Å². The lowest BCUT2D eigenvalue weighted by Gasteiger charge is -2.26. The molecule has 7 atom stereocenters. The van der Waals surface area contributed by atoms with Gasteiger partial charge in [-0.15, -0.1) is 0 Å². The van der Waals surface area contributed by atoms with Gasteiger partial charge in [-0.05, 0) is 0 Å². The first-order valence-corrected chi connectivity index (χ1v) is 6.61. The molecule has 0 fully saturated rings. The molecule has 0 amide bonds. The van der Waals surface area contributed by atoms with Crippen LogP contribution in [0.5, 0.6) is 0 Å². The SMILES string of the molecule is O=C[C@H](OC(=O)[C@H](O)C(=O)[C@H](O)[C@H](O)CO)[C@@H](O)[C@@H](O)[C@@H](O)CO. The maximum Gasteiger partial charge on any atom is 0.343 e. The predicted octanol–water partition coefficient (Wildman–Crippen LogP) is -6.18. The summed E-state index contributed by atoms with van der Waals surface area (Å²) in [5.41, 5.74) is 0. The number of ketones is 1. The largest absolute Gasteiger partial charge is 0.449 e. The summed E-state index contributed by atoms with van der Waals surface area (Å²) >= 11 is 0. The molecule has 12 nitrogen and oxygen atoms in total. The lowest BCUT2D eigenvalue weighted by Crippen LogP contribution is -2.50. The Labute approximate surface area is 135 Å². The Kier molecular flexibility index (Phi) is 9.72. The normalized spacial score (nSPS) is 20.2. The summed E-state index contributed by atoms with van der Waals surface area (Å²) < 4.78 is 4.29. The number of hydrogen-bond donors (Lipinski definition) is 8. The fourth-order valence-corrected chi connectivity index (χ4v) is 1.47. The smallest absolute Gasteiger partial charge is 0.343 e. The van der Waals surface area contributed by atoms with E-state index in [0.29, 0.717) is 0 Å². The minimum absolute atomic E-state index is 0.175. The molecule has 0 aromatic rings. The van der Waals surface area contributed by atoms with Crippen molar-refractivity contribution in [1.82, 2.24) is 0 Å². The fourth-order valence-electron chi connectivity index (χ4n) is 1.47. The van der Waals surface area contributed by atoms with Gasteiger partial charge in [-0.3, -0.25) is 9.59 Å². The van der Waals surface area contributed by atoms with Crippen LogP contribution in [0.25, 0.3) is 0 Å². The molecule has 0 unspecified atom stereocenters. The number of hydrogen-bond acceptors (Lipinski definition) is 12. The molecule has 0 aliphatic rings.